The van der Waals surface area contributed by atoms with Gasteiger partial charge in [-0.25, -0.2) is 0 Å². The van der Waals surface area contributed by atoms with Gasteiger partial charge in [-0.15, -0.1) is 0 Å². The normalized spacial score (nSPS) is 12.7. The molecule has 13 rings (SSSR count). The summed E-state index contributed by atoms with van der Waals surface area (Å²) in [6.45, 7) is 0. The standard InChI is InChI=1S/C66H46N2O/c1-2-16-45(17-3-1)50-18-14-19-51(44-50)55-21-5-9-27-61(55)67(53-42-38-49(39-43-53)56-25-15-26-60-59-24-8-13-31-65(59)69-66(56)60)52-40-36-47(37-41-52)46-32-34-48(35-33-46)54-20-4-10-28-62(54)68-63-29-11-6-22-57(63)58-23-7-12-30-64(58)68/h1-3,5-9,11-44H,4,10H2. The van der Waals surface area contributed by atoms with E-state index in [1.165, 1.54) is 60.9 Å². The monoisotopic (exact) mass is 882 g/mol. The van der Waals surface area contributed by atoms with E-state index in [2.05, 4.69) is 252 Å². The van der Waals surface area contributed by atoms with E-state index >= 15 is 0 Å². The van der Waals surface area contributed by atoms with Gasteiger partial charge in [-0.2, -0.15) is 0 Å². The van der Waals surface area contributed by atoms with Crippen molar-refractivity contribution in [2.45, 2.75) is 12.8 Å². The minimum absolute atomic E-state index is 0.901. The zero-order chi connectivity index (χ0) is 45.7. The van der Waals surface area contributed by atoms with Gasteiger partial charge < -0.3 is 13.9 Å². The Hall–Kier alpha value is -8.92. The molecule has 2 heterocycles. The number of para-hydroxylation sites is 5. The molecule has 1 aliphatic carbocycles. The summed E-state index contributed by atoms with van der Waals surface area (Å²) in [6.07, 6.45) is 6.88. The molecule has 0 radical (unpaired) electrons. The second-order valence-corrected chi connectivity index (χ2v) is 17.9. The largest absolute Gasteiger partial charge is 0.455 e. The first-order valence-electron chi connectivity index (χ1n) is 23.9. The first-order valence-corrected chi connectivity index (χ1v) is 23.9. The predicted octanol–water partition coefficient (Wildman–Crippen LogP) is 18.5. The minimum atomic E-state index is 0.901. The fourth-order valence-corrected chi connectivity index (χ4v) is 10.6. The fourth-order valence-electron chi connectivity index (χ4n) is 10.6. The highest BCUT2D eigenvalue weighted by molar-refractivity contribution is 6.14. The summed E-state index contributed by atoms with van der Waals surface area (Å²) in [6, 6.07) is 87.6. The number of benzene rings is 10. The van der Waals surface area contributed by atoms with E-state index < -0.39 is 0 Å². The molecule has 0 spiro atoms. The second kappa shape index (κ2) is 17.1. The van der Waals surface area contributed by atoms with Crippen LogP contribution < -0.4 is 4.90 Å². The number of fused-ring (bicyclic) bond motifs is 6. The lowest BCUT2D eigenvalue weighted by Gasteiger charge is -2.28. The summed E-state index contributed by atoms with van der Waals surface area (Å²) in [5, 5.41) is 4.83. The van der Waals surface area contributed by atoms with Crippen molar-refractivity contribution < 1.29 is 4.42 Å². The molecule has 0 aliphatic heterocycles. The lowest BCUT2D eigenvalue weighted by molar-refractivity contribution is 0.670. The van der Waals surface area contributed by atoms with Crippen molar-refractivity contribution in [3.05, 3.63) is 260 Å². The quantitative estimate of drug-likeness (QED) is 0.144. The summed E-state index contributed by atoms with van der Waals surface area (Å²) in [4.78, 5) is 2.39. The minimum Gasteiger partial charge on any atom is -0.455 e. The number of rotatable bonds is 9. The zero-order valence-electron chi connectivity index (χ0n) is 38.0. The van der Waals surface area contributed by atoms with Crippen molar-refractivity contribution in [3.63, 3.8) is 0 Å². The van der Waals surface area contributed by atoms with E-state index in [1.807, 2.05) is 12.1 Å². The number of aromatic nitrogens is 1. The van der Waals surface area contributed by atoms with Crippen LogP contribution in [0.5, 0.6) is 0 Å². The van der Waals surface area contributed by atoms with Gasteiger partial charge in [0.1, 0.15) is 11.2 Å². The smallest absolute Gasteiger partial charge is 0.143 e. The molecule has 0 fully saturated rings. The lowest BCUT2D eigenvalue weighted by Crippen LogP contribution is -2.11. The third-order valence-electron chi connectivity index (χ3n) is 13.9. The first kappa shape index (κ1) is 40.4. The molecule has 3 heteroatoms. The average molecular weight is 883 g/mol. The average Bonchev–Trinajstić information content (AvgIpc) is 3.98. The first-order chi connectivity index (χ1) is 34.2. The lowest BCUT2D eigenvalue weighted by atomic mass is 9.94. The van der Waals surface area contributed by atoms with Gasteiger partial charge in [0.25, 0.3) is 0 Å². The van der Waals surface area contributed by atoms with Crippen molar-refractivity contribution in [1.82, 2.24) is 4.57 Å². The molecule has 1 aliphatic rings. The molecular formula is C66H46N2O. The number of hydrogen-bond donors (Lipinski definition) is 0. The molecule has 69 heavy (non-hydrogen) atoms. The Morgan fingerprint density at radius 1 is 0.348 bits per heavy atom. The molecular weight excluding hydrogens is 837 g/mol. The van der Waals surface area contributed by atoms with Crippen molar-refractivity contribution in [2.24, 2.45) is 0 Å². The molecule has 0 amide bonds. The number of furan rings is 1. The van der Waals surface area contributed by atoms with Gasteiger partial charge in [-0.1, -0.05) is 200 Å². The number of nitrogens with zero attached hydrogens (tertiary/aromatic N) is 2. The third-order valence-corrected chi connectivity index (χ3v) is 13.9. The van der Waals surface area contributed by atoms with Gasteiger partial charge in [-0.3, -0.25) is 0 Å². The van der Waals surface area contributed by atoms with Crippen molar-refractivity contribution in [1.29, 1.82) is 0 Å². The molecule has 326 valence electrons. The summed E-state index contributed by atoms with van der Waals surface area (Å²) < 4.78 is 8.94. The molecule has 2 aromatic heterocycles. The number of hydrogen-bond acceptors (Lipinski definition) is 2. The Labute approximate surface area is 401 Å². The zero-order valence-corrected chi connectivity index (χ0v) is 38.0. The van der Waals surface area contributed by atoms with Gasteiger partial charge >= 0.3 is 0 Å². The van der Waals surface area contributed by atoms with Crippen LogP contribution in [0.15, 0.2) is 259 Å². The summed E-state index contributed by atoms with van der Waals surface area (Å²) in [5.41, 5.74) is 20.5. The maximum atomic E-state index is 6.48. The highest BCUT2D eigenvalue weighted by Crippen LogP contribution is 2.44. The van der Waals surface area contributed by atoms with Gasteiger partial charge in [0, 0.05) is 55.3 Å². The maximum absolute atomic E-state index is 6.48. The molecule has 12 aromatic rings. The van der Waals surface area contributed by atoms with Crippen LogP contribution in [0.2, 0.25) is 0 Å². The molecule has 10 aromatic carbocycles. The Bertz CT molecular complexity index is 3870. The van der Waals surface area contributed by atoms with Crippen molar-refractivity contribution >= 4 is 72.1 Å². The molecule has 0 bridgehead atoms. The Morgan fingerprint density at radius 2 is 0.855 bits per heavy atom. The van der Waals surface area contributed by atoms with E-state index in [0.717, 1.165) is 74.1 Å². The van der Waals surface area contributed by atoms with Gasteiger partial charge in [0.2, 0.25) is 0 Å². The second-order valence-electron chi connectivity index (χ2n) is 17.9. The van der Waals surface area contributed by atoms with Crippen molar-refractivity contribution in [2.75, 3.05) is 4.90 Å². The molecule has 0 saturated carbocycles. The number of allylic oxidation sites excluding steroid dienone is 4. The molecule has 0 unspecified atom stereocenters. The van der Waals surface area contributed by atoms with Crippen LogP contribution >= 0.6 is 0 Å². The Kier molecular flexibility index (Phi) is 9.98. The van der Waals surface area contributed by atoms with Crippen LogP contribution in [0.1, 0.15) is 18.4 Å². The van der Waals surface area contributed by atoms with Gasteiger partial charge in [-0.05, 0) is 106 Å². The van der Waals surface area contributed by atoms with Crippen molar-refractivity contribution in [3.8, 4) is 44.5 Å². The number of anilines is 3. The fraction of sp³-hybridized carbons (Fsp3) is 0.0303. The highest BCUT2D eigenvalue weighted by atomic mass is 16.3. The van der Waals surface area contributed by atoms with E-state index in [0.29, 0.717) is 0 Å². The topological polar surface area (TPSA) is 21.3 Å². The Balaban J connectivity index is 0.866. The van der Waals surface area contributed by atoms with Crippen LogP contribution in [0, 0.1) is 0 Å². The molecule has 3 nitrogen and oxygen atoms in total. The van der Waals surface area contributed by atoms with Crippen LogP contribution in [0.3, 0.4) is 0 Å². The van der Waals surface area contributed by atoms with Crippen LogP contribution in [-0.2, 0) is 0 Å². The molecule has 0 N–H and O–H groups in total. The summed E-state index contributed by atoms with van der Waals surface area (Å²) >= 11 is 0. The van der Waals surface area contributed by atoms with Gasteiger partial charge in [0.15, 0.2) is 0 Å². The third kappa shape index (κ3) is 7.15. The maximum Gasteiger partial charge on any atom is 0.143 e. The van der Waals surface area contributed by atoms with Crippen LogP contribution in [0.4, 0.5) is 17.1 Å². The van der Waals surface area contributed by atoms with E-state index in [4.69, 9.17) is 4.42 Å². The highest BCUT2D eigenvalue weighted by Gasteiger charge is 2.21. The van der Waals surface area contributed by atoms with E-state index in [9.17, 15) is 0 Å². The van der Waals surface area contributed by atoms with Crippen LogP contribution in [0.25, 0.3) is 99.5 Å². The summed E-state index contributed by atoms with van der Waals surface area (Å²) in [7, 11) is 0. The van der Waals surface area contributed by atoms with Crippen LogP contribution in [-0.4, -0.2) is 4.57 Å². The van der Waals surface area contributed by atoms with E-state index in [-0.39, 0.29) is 0 Å². The Morgan fingerprint density at radius 3 is 1.59 bits per heavy atom. The predicted molar refractivity (Wildman–Crippen MR) is 291 cm³/mol. The molecule has 0 saturated heterocycles. The SMILES string of the molecule is C1=C(c2ccc(-c3ccc(N(c4ccc(-c5cccc6c5oc5ccccc56)cc4)c4ccccc4-c4cccc(-c5ccccc5)c4)cc3)cc2)C(n2c3ccccc3c3ccccc32)=CCC1. The van der Waals surface area contributed by atoms with E-state index in [1.54, 1.807) is 0 Å². The van der Waals surface area contributed by atoms with Gasteiger partial charge in [0.05, 0.1) is 16.7 Å². The molecule has 0 atom stereocenters. The summed E-state index contributed by atoms with van der Waals surface area (Å²) in [5.74, 6) is 0.